The molecule has 0 fully saturated rings. The molecule has 7 heterocycles. The minimum absolute atomic E-state index is 0.0312. The Balaban J connectivity index is 0.000000501. The number of ketones is 1. The van der Waals surface area contributed by atoms with Gasteiger partial charge in [-0.05, 0) is 121 Å². The van der Waals surface area contributed by atoms with Gasteiger partial charge in [0.1, 0.15) is 46.6 Å². The van der Waals surface area contributed by atoms with Gasteiger partial charge in [-0.3, -0.25) is 4.79 Å². The van der Waals surface area contributed by atoms with E-state index in [1.807, 2.05) is 122 Å². The Labute approximate surface area is 512 Å². The van der Waals surface area contributed by atoms with E-state index in [1.54, 1.807) is 68.4 Å². The van der Waals surface area contributed by atoms with E-state index in [0.717, 1.165) is 64.8 Å². The third-order valence-corrected chi connectivity index (χ3v) is 11.3. The third-order valence-electron chi connectivity index (χ3n) is 9.83. The number of nitrogens with two attached hydrogens (primary N) is 1. The minimum Gasteiger partial charge on any atom is -0.508 e. The summed E-state index contributed by atoms with van der Waals surface area (Å²) in [6.07, 6.45) is 10.3. The van der Waals surface area contributed by atoms with Crippen molar-refractivity contribution in [3.8, 4) is 17.2 Å². The number of aromatic hydroxyl groups is 1. The highest BCUT2D eigenvalue weighted by molar-refractivity contribution is 6.35. The maximum atomic E-state index is 9.92. The molecule has 0 atom stereocenters. The van der Waals surface area contributed by atoms with Crippen molar-refractivity contribution >= 4 is 98.1 Å². The number of phenolic OH excluding ortho intramolecular Hbond substituents is 1. The van der Waals surface area contributed by atoms with E-state index in [4.69, 9.17) is 89.9 Å². The van der Waals surface area contributed by atoms with Crippen LogP contribution in [0.2, 0.25) is 15.5 Å². The summed E-state index contributed by atoms with van der Waals surface area (Å²) in [4.78, 5) is 23.0. The zero-order valence-corrected chi connectivity index (χ0v) is 53.0. The van der Waals surface area contributed by atoms with Gasteiger partial charge in [0.15, 0.2) is 27.9 Å². The normalized spacial score (nSPS) is 9.57. The average Bonchev–Trinajstić information content (AvgIpc) is 4.35. The number of phenols is 1. The lowest BCUT2D eigenvalue weighted by Crippen LogP contribution is -1.98. The molecule has 0 saturated carbocycles. The van der Waals surface area contributed by atoms with Gasteiger partial charge in [0, 0.05) is 6.20 Å². The topological polar surface area (TPSA) is 198 Å². The quantitative estimate of drug-likeness (QED) is 0.110. The van der Waals surface area contributed by atoms with Crippen LogP contribution in [-0.4, -0.2) is 76.6 Å². The highest BCUT2D eigenvalue weighted by atomic mass is 35.5. The predicted octanol–water partition coefficient (Wildman–Crippen LogP) is 16.3. The number of carbonyl (C=O) groups excluding carboxylic acids is 1. The highest BCUT2D eigenvalue weighted by Crippen LogP contribution is 2.17. The van der Waals surface area contributed by atoms with Crippen LogP contribution in [0.3, 0.4) is 0 Å². The Morgan fingerprint density at radius 2 is 0.890 bits per heavy atom. The van der Waals surface area contributed by atoms with E-state index < -0.39 is 0 Å². The van der Waals surface area contributed by atoms with Crippen LogP contribution in [0.4, 0.5) is 5.82 Å². The molecule has 16 nitrogen and oxygen atoms in total. The van der Waals surface area contributed by atoms with Gasteiger partial charge in [0.2, 0.25) is 0 Å². The lowest BCUT2D eigenvalue weighted by atomic mass is 10.2. The van der Waals surface area contributed by atoms with Crippen molar-refractivity contribution in [3.63, 3.8) is 0 Å². The molecule has 0 aliphatic carbocycles. The number of nitrogen functional groups attached to an aromatic ring is 1. The van der Waals surface area contributed by atoms with Crippen molar-refractivity contribution in [1.29, 1.82) is 0 Å². The molecule has 3 aromatic carbocycles. The number of rotatable bonds is 12. The zero-order chi connectivity index (χ0) is 61.2. The van der Waals surface area contributed by atoms with Crippen LogP contribution < -0.4 is 15.2 Å². The molecular weight excluding hydrogens is 1170 g/mol. The minimum atomic E-state index is -0.127. The van der Waals surface area contributed by atoms with Crippen molar-refractivity contribution < 1.29 is 19.4 Å². The van der Waals surface area contributed by atoms with Gasteiger partial charge in [-0.15, -0.1) is 45.0 Å². The first-order valence-corrected chi connectivity index (χ1v) is 29.5. The zero-order valence-electron chi connectivity index (χ0n) is 48.4. The summed E-state index contributed by atoms with van der Waals surface area (Å²) in [5.41, 5.74) is 13.9. The number of nitrogens with zero attached hydrogens (tertiary/aromatic N) is 11. The standard InChI is InChI=1S/C15H14ClN3O.C15H15N3O.C8H10O.C7H5Cl2N3.C4H4ClN3.C3H4Cl2O.4C2H6/c1-2-11-3-5-13(6-4-11)20-10-12-9-19-15(17-12)8-7-14(16)18-19;1-2-12-5-7-14(8-6-12)19-11-13-10-18-15(17-13)4-3-9-16-18;1-2-7-3-5-8(9)6-4-7;8-3-5-4-12-7(10-5)2-1-6(9)11-12;5-3-1-2-4(6)8-7-3;4-1-3(6)2-5;4*1-2/h3-9H,2,10H2,1H3;3-10H,2,11H2,1H3;3-6,9H,2H2,1H3;1-2,4H,3H2;1-2H,(H2,6,8);1-2H2;4*1-2H3. The van der Waals surface area contributed by atoms with Crippen molar-refractivity contribution in [1.82, 2.24) is 54.0 Å². The average molecular weight is 1240 g/mol. The van der Waals surface area contributed by atoms with Crippen LogP contribution in [-0.2, 0) is 43.2 Å². The Morgan fingerprint density at radius 1 is 0.500 bits per heavy atom. The molecule has 0 bridgehead atoms. The monoisotopic (exact) mass is 1240 g/mol. The number of halogens is 6. The summed E-state index contributed by atoms with van der Waals surface area (Å²) < 4.78 is 16.4. The fraction of sp³-hybridized carbons (Fsp3) is 0.317. The van der Waals surface area contributed by atoms with E-state index in [-0.39, 0.29) is 17.5 Å². The lowest BCUT2D eigenvalue weighted by molar-refractivity contribution is -0.114. The van der Waals surface area contributed by atoms with E-state index in [1.165, 1.54) is 16.7 Å². The molecule has 0 saturated heterocycles. The second kappa shape index (κ2) is 43.9. The number of carbonyl (C=O) groups is 1. The summed E-state index contributed by atoms with van der Waals surface area (Å²) in [7, 11) is 0. The van der Waals surface area contributed by atoms with E-state index in [9.17, 15) is 4.79 Å². The van der Waals surface area contributed by atoms with Gasteiger partial charge in [-0.2, -0.15) is 15.3 Å². The first kappa shape index (κ1) is 73.2. The molecule has 0 aliphatic heterocycles. The molecule has 82 heavy (non-hydrogen) atoms. The molecule has 10 aromatic rings. The fourth-order valence-electron chi connectivity index (χ4n) is 5.95. The molecule has 7 aromatic heterocycles. The number of alkyl halides is 3. The van der Waals surface area contributed by atoms with Crippen LogP contribution in [0.1, 0.15) is 110 Å². The summed E-state index contributed by atoms with van der Waals surface area (Å²) in [6.45, 7) is 23.2. The maximum Gasteiger partial charge on any atom is 0.162 e. The molecule has 3 N–H and O–H groups in total. The molecule has 0 aliphatic rings. The smallest absolute Gasteiger partial charge is 0.162 e. The Kier molecular flexibility index (Phi) is 39.2. The summed E-state index contributed by atoms with van der Waals surface area (Å²) in [5, 5.41) is 29.4. The van der Waals surface area contributed by atoms with E-state index in [2.05, 4.69) is 85.5 Å². The molecular formula is C60H76Cl6N12O4. The molecule has 0 spiro atoms. The van der Waals surface area contributed by atoms with Gasteiger partial charge in [0.25, 0.3) is 0 Å². The first-order valence-electron chi connectivity index (χ1n) is 26.8. The SMILES string of the molecule is CC.CC.CC.CC.CCc1ccc(O)cc1.CCc1ccc(OCc2cn3nc(Cl)ccc3n2)cc1.CCc1ccc(OCc2cn3ncccc3n2)cc1.ClCc1cn2nc(Cl)ccc2n1.Nc1ccc(Cl)nn1.O=C(CCl)CCl. The van der Waals surface area contributed by atoms with Gasteiger partial charge >= 0.3 is 0 Å². The second-order valence-electron chi connectivity index (χ2n) is 15.3. The van der Waals surface area contributed by atoms with Crippen LogP contribution in [0.15, 0.2) is 146 Å². The van der Waals surface area contributed by atoms with Crippen LogP contribution in [0.25, 0.3) is 16.9 Å². The molecule has 0 unspecified atom stereocenters. The van der Waals surface area contributed by atoms with Crippen molar-refractivity contribution in [3.05, 3.63) is 195 Å². The maximum absolute atomic E-state index is 9.92. The Hall–Kier alpha value is -6.79. The number of aryl methyl sites for hydroxylation is 3. The summed E-state index contributed by atoms with van der Waals surface area (Å²) in [5.74, 6) is 2.75. The molecule has 0 radical (unpaired) electrons. The van der Waals surface area contributed by atoms with Gasteiger partial charge in [-0.1, -0.05) is 147 Å². The van der Waals surface area contributed by atoms with Crippen molar-refractivity contribution in [2.45, 2.75) is 115 Å². The fourth-order valence-corrected chi connectivity index (χ4v) is 6.75. The largest absolute Gasteiger partial charge is 0.508 e. The van der Waals surface area contributed by atoms with Crippen LogP contribution in [0.5, 0.6) is 17.2 Å². The van der Waals surface area contributed by atoms with E-state index in [0.29, 0.717) is 46.1 Å². The number of fused-ring (bicyclic) bond motifs is 3. The Morgan fingerprint density at radius 3 is 1.26 bits per heavy atom. The number of Topliss-reactive ketones (excluding diaryl/α,β-unsaturated/α-hetero) is 1. The first-order chi connectivity index (χ1) is 39.8. The molecule has 0 amide bonds. The van der Waals surface area contributed by atoms with Gasteiger partial charge < -0.3 is 20.3 Å². The van der Waals surface area contributed by atoms with Crippen LogP contribution >= 0.6 is 69.6 Å². The number of hydrogen-bond acceptors (Lipinski definition) is 13. The van der Waals surface area contributed by atoms with Crippen molar-refractivity contribution in [2.24, 2.45) is 0 Å². The summed E-state index contributed by atoms with van der Waals surface area (Å²) in [6, 6.07) is 37.5. The molecule has 10 rings (SSSR count). The lowest BCUT2D eigenvalue weighted by Gasteiger charge is -2.04. The second-order valence-corrected chi connectivity index (χ2v) is 17.2. The van der Waals surface area contributed by atoms with Gasteiger partial charge in [0.05, 0.1) is 53.3 Å². The number of anilines is 1. The molecule has 22 heteroatoms. The third kappa shape index (κ3) is 28.3. The number of ether oxygens (including phenoxy) is 2. The summed E-state index contributed by atoms with van der Waals surface area (Å²) >= 11 is 32.5. The highest BCUT2D eigenvalue weighted by Gasteiger charge is 2.06. The number of imidazole rings is 3. The van der Waals surface area contributed by atoms with Crippen LogP contribution in [0, 0.1) is 0 Å². The van der Waals surface area contributed by atoms with Gasteiger partial charge in [-0.25, -0.2) is 28.5 Å². The van der Waals surface area contributed by atoms with E-state index >= 15 is 0 Å². The van der Waals surface area contributed by atoms with Crippen molar-refractivity contribution in [2.75, 3.05) is 17.5 Å². The number of hydrogen-bond donors (Lipinski definition) is 2. The molecule has 442 valence electrons. The Bertz CT molecular complexity index is 3180. The number of benzene rings is 3. The number of aromatic nitrogens is 11. The predicted molar refractivity (Wildman–Crippen MR) is 340 cm³/mol.